The Labute approximate surface area is 151 Å². The molecule has 2 aliphatic rings. The van der Waals surface area contributed by atoms with Crippen molar-refractivity contribution in [2.75, 3.05) is 11.9 Å². The third-order valence-corrected chi connectivity index (χ3v) is 5.67. The van der Waals surface area contributed by atoms with Crippen LogP contribution in [0.4, 0.5) is 5.69 Å². The molecule has 4 nitrogen and oxygen atoms in total. The lowest BCUT2D eigenvalue weighted by atomic mass is 9.99. The Hall–Kier alpha value is -1.84. The molecule has 2 fully saturated rings. The Morgan fingerprint density at radius 3 is 2.52 bits per heavy atom. The molecule has 3 atom stereocenters. The fraction of sp³-hybridized carbons (Fsp3) is 0.619. The van der Waals surface area contributed by atoms with Gasteiger partial charge in [0.05, 0.1) is 11.8 Å². The molecule has 1 N–H and O–H groups in total. The van der Waals surface area contributed by atoms with E-state index in [1.807, 2.05) is 17.0 Å². The second kappa shape index (κ2) is 7.59. The Morgan fingerprint density at radius 1 is 1.16 bits per heavy atom. The molecule has 2 amide bonds. The number of hydrogen-bond acceptors (Lipinski definition) is 2. The largest absolute Gasteiger partial charge is 0.339 e. The van der Waals surface area contributed by atoms with Crippen molar-refractivity contribution in [3.63, 3.8) is 0 Å². The fourth-order valence-electron chi connectivity index (χ4n) is 3.87. The minimum atomic E-state index is -0.156. The molecular formula is C21H30N2O2. The lowest BCUT2D eigenvalue weighted by Gasteiger charge is -2.35. The molecule has 1 aliphatic carbocycles. The van der Waals surface area contributed by atoms with Crippen molar-refractivity contribution in [2.24, 2.45) is 11.8 Å². The number of hydrogen-bond donors (Lipinski definition) is 1. The van der Waals surface area contributed by atoms with E-state index in [2.05, 4.69) is 38.2 Å². The normalized spacial score (nSPS) is 25.8. The van der Waals surface area contributed by atoms with Crippen LogP contribution in [0.2, 0.25) is 0 Å². The maximum absolute atomic E-state index is 12.8. The highest BCUT2D eigenvalue weighted by Gasteiger charge is 2.50. The molecule has 0 spiro atoms. The molecular weight excluding hydrogens is 312 g/mol. The van der Waals surface area contributed by atoms with E-state index in [4.69, 9.17) is 0 Å². The molecule has 3 rings (SSSR count). The molecule has 4 heteroatoms. The van der Waals surface area contributed by atoms with Crippen LogP contribution < -0.4 is 5.32 Å². The fourth-order valence-corrected chi connectivity index (χ4v) is 3.87. The summed E-state index contributed by atoms with van der Waals surface area (Å²) in [5.41, 5.74) is 2.07. The summed E-state index contributed by atoms with van der Waals surface area (Å²) in [6, 6.07) is 8.37. The number of likely N-dealkylation sites (tertiary alicyclic amines) is 1. The highest BCUT2D eigenvalue weighted by Crippen LogP contribution is 2.42. The monoisotopic (exact) mass is 342 g/mol. The van der Waals surface area contributed by atoms with Gasteiger partial charge in [-0.1, -0.05) is 32.9 Å². The lowest BCUT2D eigenvalue weighted by Crippen LogP contribution is -2.44. The summed E-state index contributed by atoms with van der Waals surface area (Å²) in [7, 11) is 0. The first-order valence-corrected chi connectivity index (χ1v) is 9.72. The van der Waals surface area contributed by atoms with Crippen LogP contribution in [0.1, 0.15) is 64.4 Å². The van der Waals surface area contributed by atoms with Crippen molar-refractivity contribution < 1.29 is 9.59 Å². The molecule has 0 radical (unpaired) electrons. The topological polar surface area (TPSA) is 49.4 Å². The van der Waals surface area contributed by atoms with Crippen molar-refractivity contribution in [3.05, 3.63) is 29.8 Å². The second-order valence-corrected chi connectivity index (χ2v) is 7.80. The molecule has 1 saturated carbocycles. The van der Waals surface area contributed by atoms with E-state index in [0.717, 1.165) is 31.5 Å². The molecule has 1 aromatic carbocycles. The van der Waals surface area contributed by atoms with Crippen molar-refractivity contribution in [3.8, 4) is 0 Å². The van der Waals surface area contributed by atoms with Gasteiger partial charge in [-0.15, -0.1) is 0 Å². The molecule has 0 bridgehead atoms. The summed E-state index contributed by atoms with van der Waals surface area (Å²) in [5, 5.41) is 2.97. The summed E-state index contributed by atoms with van der Waals surface area (Å²) < 4.78 is 0. The van der Waals surface area contributed by atoms with Gasteiger partial charge in [0.1, 0.15) is 0 Å². The quantitative estimate of drug-likeness (QED) is 0.873. The van der Waals surface area contributed by atoms with E-state index in [0.29, 0.717) is 18.4 Å². The smallest absolute Gasteiger partial charge is 0.228 e. The van der Waals surface area contributed by atoms with E-state index < -0.39 is 0 Å². The van der Waals surface area contributed by atoms with Gasteiger partial charge in [0.15, 0.2) is 0 Å². The first kappa shape index (κ1) is 18.0. The number of piperidine rings is 1. The SMILES string of the molecule is CCC1CCCCN1C(=O)C1CC1C(=O)Nc1ccc(C(C)C)cc1. The zero-order chi connectivity index (χ0) is 18.0. The van der Waals surface area contributed by atoms with Gasteiger partial charge in [-0.3, -0.25) is 9.59 Å². The molecule has 0 aromatic heterocycles. The van der Waals surface area contributed by atoms with Crippen LogP contribution in [0.3, 0.4) is 0 Å². The van der Waals surface area contributed by atoms with Gasteiger partial charge in [-0.2, -0.15) is 0 Å². The second-order valence-electron chi connectivity index (χ2n) is 7.80. The number of carbonyl (C=O) groups is 2. The van der Waals surface area contributed by atoms with Crippen LogP contribution in [0, 0.1) is 11.8 Å². The van der Waals surface area contributed by atoms with Gasteiger partial charge < -0.3 is 10.2 Å². The average molecular weight is 342 g/mol. The van der Waals surface area contributed by atoms with Crippen molar-refractivity contribution in [1.29, 1.82) is 0 Å². The van der Waals surface area contributed by atoms with Gasteiger partial charge in [0.2, 0.25) is 11.8 Å². The third kappa shape index (κ3) is 4.05. The molecule has 1 aliphatic heterocycles. The molecule has 1 aromatic rings. The van der Waals surface area contributed by atoms with Crippen molar-refractivity contribution in [2.45, 2.75) is 64.8 Å². The summed E-state index contributed by atoms with van der Waals surface area (Å²) in [5.74, 6) is 0.396. The average Bonchev–Trinajstić information content (AvgIpc) is 3.42. The van der Waals surface area contributed by atoms with Crippen LogP contribution in [0.15, 0.2) is 24.3 Å². The van der Waals surface area contributed by atoms with Gasteiger partial charge in [0.25, 0.3) is 0 Å². The van der Waals surface area contributed by atoms with Gasteiger partial charge in [-0.25, -0.2) is 0 Å². The van der Waals surface area contributed by atoms with Crippen LogP contribution in [0.25, 0.3) is 0 Å². The number of nitrogens with one attached hydrogen (secondary N) is 1. The summed E-state index contributed by atoms with van der Waals surface area (Å²) in [4.78, 5) is 27.3. The number of rotatable bonds is 5. The Balaban J connectivity index is 1.55. The van der Waals surface area contributed by atoms with Crippen LogP contribution >= 0.6 is 0 Å². The number of carbonyl (C=O) groups excluding carboxylic acids is 2. The van der Waals surface area contributed by atoms with Gasteiger partial charge in [-0.05, 0) is 55.7 Å². The Kier molecular flexibility index (Phi) is 5.45. The summed E-state index contributed by atoms with van der Waals surface area (Å²) >= 11 is 0. The van der Waals surface area contributed by atoms with E-state index in [9.17, 15) is 9.59 Å². The van der Waals surface area contributed by atoms with E-state index in [1.165, 1.54) is 12.0 Å². The number of amides is 2. The third-order valence-electron chi connectivity index (χ3n) is 5.67. The van der Waals surface area contributed by atoms with Crippen LogP contribution in [-0.2, 0) is 9.59 Å². The maximum atomic E-state index is 12.8. The molecule has 25 heavy (non-hydrogen) atoms. The Morgan fingerprint density at radius 2 is 1.88 bits per heavy atom. The summed E-state index contributed by atoms with van der Waals surface area (Å²) in [6.07, 6.45) is 5.12. The van der Waals surface area contributed by atoms with E-state index in [-0.39, 0.29) is 23.7 Å². The minimum absolute atomic E-state index is 0.0132. The predicted octanol–water partition coefficient (Wildman–Crippen LogP) is 4.18. The maximum Gasteiger partial charge on any atom is 0.228 e. The van der Waals surface area contributed by atoms with Gasteiger partial charge >= 0.3 is 0 Å². The summed E-state index contributed by atoms with van der Waals surface area (Å²) in [6.45, 7) is 7.31. The standard InChI is InChI=1S/C21H30N2O2/c1-4-17-7-5-6-12-23(17)21(25)19-13-18(19)20(24)22-16-10-8-15(9-11-16)14(2)3/h8-11,14,17-19H,4-7,12-13H2,1-3H3,(H,22,24). The highest BCUT2D eigenvalue weighted by molar-refractivity contribution is 5.99. The zero-order valence-corrected chi connectivity index (χ0v) is 15.6. The number of anilines is 1. The lowest BCUT2D eigenvalue weighted by molar-refractivity contribution is -0.137. The first-order chi connectivity index (χ1) is 12.0. The van der Waals surface area contributed by atoms with Crippen molar-refractivity contribution in [1.82, 2.24) is 4.90 Å². The van der Waals surface area contributed by atoms with Crippen LogP contribution in [-0.4, -0.2) is 29.3 Å². The highest BCUT2D eigenvalue weighted by atomic mass is 16.2. The first-order valence-electron chi connectivity index (χ1n) is 9.72. The number of benzene rings is 1. The number of nitrogens with zero attached hydrogens (tertiary/aromatic N) is 1. The van der Waals surface area contributed by atoms with E-state index >= 15 is 0 Å². The van der Waals surface area contributed by atoms with Crippen LogP contribution in [0.5, 0.6) is 0 Å². The molecule has 3 unspecified atom stereocenters. The van der Waals surface area contributed by atoms with Gasteiger partial charge in [0, 0.05) is 18.3 Å². The van der Waals surface area contributed by atoms with E-state index in [1.54, 1.807) is 0 Å². The predicted molar refractivity (Wildman–Crippen MR) is 100 cm³/mol. The zero-order valence-electron chi connectivity index (χ0n) is 15.6. The molecule has 136 valence electrons. The molecule has 1 heterocycles. The van der Waals surface area contributed by atoms with Crippen molar-refractivity contribution >= 4 is 17.5 Å². The Bertz CT molecular complexity index is 623. The molecule has 1 saturated heterocycles. The minimum Gasteiger partial charge on any atom is -0.339 e.